The van der Waals surface area contributed by atoms with E-state index in [1.54, 1.807) is 24.3 Å². The van der Waals surface area contributed by atoms with Crippen molar-refractivity contribution in [2.45, 2.75) is 44.4 Å². The Morgan fingerprint density at radius 1 is 0.925 bits per heavy atom. The lowest BCUT2D eigenvalue weighted by molar-refractivity contribution is -0.537. The second-order valence-corrected chi connectivity index (χ2v) is 10.1. The van der Waals surface area contributed by atoms with E-state index >= 15 is 0 Å². The molecule has 3 amide bonds. The zero-order valence-corrected chi connectivity index (χ0v) is 22.7. The van der Waals surface area contributed by atoms with E-state index in [9.17, 15) is 19.7 Å². The summed E-state index contributed by atoms with van der Waals surface area (Å²) in [5, 5.41) is 21.3. The van der Waals surface area contributed by atoms with Crippen LogP contribution in [0.5, 0.6) is 0 Å². The molecule has 3 aromatic rings. The standard InChI is InChI=1S/C31H37N5O4/c1-2-3-19-32-31(38)34-28-20-26(21-33-30(37)25-17-11-6-12-18-25)27(36(39)40)22-35(28)29(23-13-7-4-8-14-23)24-15-9-5-10-16-24/h4-18,26-29H,2-3,19-22H2,1H3,(H,33,37)(H2,32,34,38). The van der Waals surface area contributed by atoms with Gasteiger partial charge in [0.1, 0.15) is 0 Å². The first kappa shape index (κ1) is 28.8. The van der Waals surface area contributed by atoms with Gasteiger partial charge in [0.15, 0.2) is 0 Å². The average Bonchev–Trinajstić information content (AvgIpc) is 2.98. The van der Waals surface area contributed by atoms with Crippen molar-refractivity contribution in [1.82, 2.24) is 20.9 Å². The number of nitrogens with one attached hydrogen (secondary N) is 3. The molecule has 1 fully saturated rings. The Labute approximate surface area is 235 Å². The molecule has 3 unspecified atom stereocenters. The fraction of sp³-hybridized carbons (Fsp3) is 0.355. The lowest BCUT2D eigenvalue weighted by atomic mass is 9.86. The SMILES string of the molecule is CCCCNC(=O)NC1CC(CNC(=O)c2ccccc2)C([N+](=O)[O-])CN1C(c1ccccc1)c1ccccc1. The first-order valence-electron chi connectivity index (χ1n) is 13.8. The monoisotopic (exact) mass is 543 g/mol. The van der Waals surface area contributed by atoms with Crippen LogP contribution in [0.25, 0.3) is 0 Å². The third kappa shape index (κ3) is 7.45. The molecule has 3 atom stereocenters. The molecule has 3 N–H and O–H groups in total. The average molecular weight is 544 g/mol. The Balaban J connectivity index is 1.63. The topological polar surface area (TPSA) is 117 Å². The normalized spacial score (nSPS) is 19.1. The Morgan fingerprint density at radius 2 is 1.50 bits per heavy atom. The Bertz CT molecular complexity index is 1200. The van der Waals surface area contributed by atoms with Gasteiger partial charge in [0.2, 0.25) is 6.04 Å². The number of nitrogens with zero attached hydrogens (tertiary/aromatic N) is 2. The van der Waals surface area contributed by atoms with Crippen LogP contribution < -0.4 is 16.0 Å². The number of hydrogen-bond donors (Lipinski definition) is 3. The fourth-order valence-electron chi connectivity index (χ4n) is 5.30. The minimum Gasteiger partial charge on any atom is -0.351 e. The molecular weight excluding hydrogens is 506 g/mol. The van der Waals surface area contributed by atoms with Crippen molar-refractivity contribution in [2.75, 3.05) is 19.6 Å². The molecule has 1 aliphatic rings. The minimum absolute atomic E-state index is 0.104. The van der Waals surface area contributed by atoms with Crippen LogP contribution in [0.4, 0.5) is 4.79 Å². The van der Waals surface area contributed by atoms with Gasteiger partial charge in [0.05, 0.1) is 18.8 Å². The van der Waals surface area contributed by atoms with Crippen molar-refractivity contribution < 1.29 is 14.5 Å². The summed E-state index contributed by atoms with van der Waals surface area (Å²) in [6.07, 6.45) is 1.61. The summed E-state index contributed by atoms with van der Waals surface area (Å²) in [5.74, 6) is -0.759. The van der Waals surface area contributed by atoms with E-state index in [-0.39, 0.29) is 36.0 Å². The number of carbonyl (C=O) groups excluding carboxylic acids is 2. The number of amides is 3. The van der Waals surface area contributed by atoms with Crippen LogP contribution >= 0.6 is 0 Å². The van der Waals surface area contributed by atoms with Crippen LogP contribution in [-0.2, 0) is 0 Å². The molecule has 0 aliphatic carbocycles. The number of nitro groups is 1. The number of urea groups is 1. The zero-order valence-electron chi connectivity index (χ0n) is 22.7. The number of unbranched alkanes of at least 4 members (excludes halogenated alkanes) is 1. The third-order valence-electron chi connectivity index (χ3n) is 7.38. The van der Waals surface area contributed by atoms with Gasteiger partial charge in [-0.25, -0.2) is 4.79 Å². The summed E-state index contributed by atoms with van der Waals surface area (Å²) in [4.78, 5) is 39.8. The van der Waals surface area contributed by atoms with E-state index in [0.717, 1.165) is 24.0 Å². The number of likely N-dealkylation sites (tertiary alicyclic amines) is 1. The van der Waals surface area contributed by atoms with E-state index in [0.29, 0.717) is 18.5 Å². The molecule has 1 heterocycles. The highest BCUT2D eigenvalue weighted by Crippen LogP contribution is 2.35. The largest absolute Gasteiger partial charge is 0.351 e. The van der Waals surface area contributed by atoms with E-state index in [1.165, 1.54) is 0 Å². The predicted octanol–water partition coefficient (Wildman–Crippen LogP) is 4.60. The molecule has 0 radical (unpaired) electrons. The van der Waals surface area contributed by atoms with Crippen molar-refractivity contribution in [3.8, 4) is 0 Å². The molecule has 3 aromatic carbocycles. The van der Waals surface area contributed by atoms with Gasteiger partial charge in [-0.3, -0.25) is 19.8 Å². The van der Waals surface area contributed by atoms with Crippen molar-refractivity contribution >= 4 is 11.9 Å². The van der Waals surface area contributed by atoms with Gasteiger partial charge in [-0.15, -0.1) is 0 Å². The highest BCUT2D eigenvalue weighted by Gasteiger charge is 2.45. The maximum atomic E-state index is 12.9. The summed E-state index contributed by atoms with van der Waals surface area (Å²) in [7, 11) is 0. The van der Waals surface area contributed by atoms with Crippen LogP contribution in [0, 0.1) is 16.0 Å². The first-order chi connectivity index (χ1) is 19.5. The second-order valence-electron chi connectivity index (χ2n) is 10.1. The molecule has 9 heteroatoms. The van der Waals surface area contributed by atoms with Gasteiger partial charge in [-0.2, -0.15) is 0 Å². The minimum atomic E-state index is -0.938. The molecule has 40 heavy (non-hydrogen) atoms. The highest BCUT2D eigenvalue weighted by molar-refractivity contribution is 5.94. The van der Waals surface area contributed by atoms with Gasteiger partial charge in [-0.05, 0) is 36.1 Å². The van der Waals surface area contributed by atoms with Crippen molar-refractivity contribution in [3.63, 3.8) is 0 Å². The summed E-state index contributed by atoms with van der Waals surface area (Å²) < 4.78 is 0. The lowest BCUT2D eigenvalue weighted by Gasteiger charge is -2.45. The van der Waals surface area contributed by atoms with Gasteiger partial charge < -0.3 is 16.0 Å². The quantitative estimate of drug-likeness (QED) is 0.186. The van der Waals surface area contributed by atoms with E-state index < -0.39 is 18.1 Å². The molecule has 0 bridgehead atoms. The van der Waals surface area contributed by atoms with Crippen LogP contribution in [0.15, 0.2) is 91.0 Å². The predicted molar refractivity (Wildman–Crippen MR) is 154 cm³/mol. The number of hydrogen-bond acceptors (Lipinski definition) is 5. The number of piperidine rings is 1. The fourth-order valence-corrected chi connectivity index (χ4v) is 5.30. The molecule has 1 saturated heterocycles. The maximum Gasteiger partial charge on any atom is 0.316 e. The summed E-state index contributed by atoms with van der Waals surface area (Å²) in [6.45, 7) is 2.83. The third-order valence-corrected chi connectivity index (χ3v) is 7.38. The summed E-state index contributed by atoms with van der Waals surface area (Å²) in [6, 6.07) is 26.9. The van der Waals surface area contributed by atoms with Gasteiger partial charge in [0.25, 0.3) is 5.91 Å². The summed E-state index contributed by atoms with van der Waals surface area (Å²) in [5.41, 5.74) is 2.45. The smallest absolute Gasteiger partial charge is 0.316 e. The molecule has 0 aromatic heterocycles. The van der Waals surface area contributed by atoms with Crippen molar-refractivity contribution in [3.05, 3.63) is 118 Å². The zero-order chi connectivity index (χ0) is 28.3. The van der Waals surface area contributed by atoms with Crippen LogP contribution in [0.3, 0.4) is 0 Å². The summed E-state index contributed by atoms with van der Waals surface area (Å²) >= 11 is 0. The molecule has 210 valence electrons. The molecule has 9 nitrogen and oxygen atoms in total. The van der Waals surface area contributed by atoms with Crippen LogP contribution in [-0.4, -0.2) is 53.6 Å². The Morgan fingerprint density at radius 3 is 2.05 bits per heavy atom. The Hall–Kier alpha value is -4.24. The van der Waals surface area contributed by atoms with E-state index in [1.807, 2.05) is 71.6 Å². The first-order valence-corrected chi connectivity index (χ1v) is 13.8. The second kappa shape index (κ2) is 14.2. The molecular formula is C31H37N5O4. The van der Waals surface area contributed by atoms with E-state index in [4.69, 9.17) is 0 Å². The molecule has 1 aliphatic heterocycles. The van der Waals surface area contributed by atoms with Gasteiger partial charge in [-0.1, -0.05) is 92.2 Å². The number of benzene rings is 3. The van der Waals surface area contributed by atoms with Crippen molar-refractivity contribution in [2.24, 2.45) is 5.92 Å². The maximum absolute atomic E-state index is 12.9. The van der Waals surface area contributed by atoms with Gasteiger partial charge in [0, 0.05) is 29.5 Å². The van der Waals surface area contributed by atoms with Gasteiger partial charge >= 0.3 is 6.03 Å². The number of rotatable bonds is 11. The Kier molecular flexibility index (Phi) is 10.2. The number of carbonyl (C=O) groups is 2. The van der Waals surface area contributed by atoms with Crippen LogP contribution in [0.2, 0.25) is 0 Å². The molecule has 0 saturated carbocycles. The van der Waals surface area contributed by atoms with Crippen molar-refractivity contribution in [1.29, 1.82) is 0 Å². The van der Waals surface area contributed by atoms with Crippen LogP contribution in [0.1, 0.15) is 53.7 Å². The molecule has 4 rings (SSSR count). The van der Waals surface area contributed by atoms with E-state index in [2.05, 4.69) is 22.9 Å². The highest BCUT2D eigenvalue weighted by atomic mass is 16.6. The molecule has 0 spiro atoms. The lowest BCUT2D eigenvalue weighted by Crippen LogP contribution is -2.62.